The first-order valence-electron chi connectivity index (χ1n) is 8.91. The van der Waals surface area contributed by atoms with Crippen molar-refractivity contribution in [2.45, 2.75) is 38.0 Å². The maximum absolute atomic E-state index is 14.3. The van der Waals surface area contributed by atoms with Gasteiger partial charge >= 0.3 is 5.97 Å². The number of halogens is 2. The van der Waals surface area contributed by atoms with E-state index in [0.717, 1.165) is 18.4 Å². The van der Waals surface area contributed by atoms with Gasteiger partial charge in [0.05, 0.1) is 5.41 Å². The van der Waals surface area contributed by atoms with Gasteiger partial charge in [-0.05, 0) is 43.5 Å². The lowest BCUT2D eigenvalue weighted by Crippen LogP contribution is -2.37. The second kappa shape index (κ2) is 8.09. The highest BCUT2D eigenvalue weighted by Gasteiger charge is 2.45. The fraction of sp³-hybridized carbons (Fsp3) is 0.333. The summed E-state index contributed by atoms with van der Waals surface area (Å²) < 4.78 is 19.6. The number of hydrogen-bond donors (Lipinski definition) is 1. The third kappa shape index (κ3) is 4.14. The highest BCUT2D eigenvalue weighted by atomic mass is 35.5. The molecule has 1 aliphatic carbocycles. The molecule has 1 amide bonds. The smallest absolute Gasteiger partial charge is 0.317 e. The summed E-state index contributed by atoms with van der Waals surface area (Å²) in [5, 5.41) is 3.18. The van der Waals surface area contributed by atoms with Crippen molar-refractivity contribution in [3.8, 4) is 0 Å². The van der Waals surface area contributed by atoms with Gasteiger partial charge in [0, 0.05) is 16.3 Å². The van der Waals surface area contributed by atoms with Gasteiger partial charge in [0.1, 0.15) is 5.82 Å². The fourth-order valence-electron chi connectivity index (χ4n) is 3.60. The molecule has 0 aliphatic heterocycles. The second-order valence-corrected chi connectivity index (χ2v) is 7.29. The molecule has 3 rings (SSSR count). The van der Waals surface area contributed by atoms with Crippen molar-refractivity contribution in [1.29, 1.82) is 0 Å². The molecule has 27 heavy (non-hydrogen) atoms. The van der Waals surface area contributed by atoms with Crippen LogP contribution in [0.5, 0.6) is 0 Å². The molecule has 2 aromatic rings. The van der Waals surface area contributed by atoms with Crippen LogP contribution in [-0.4, -0.2) is 18.5 Å². The first-order chi connectivity index (χ1) is 12.9. The Balaban J connectivity index is 1.69. The van der Waals surface area contributed by atoms with Crippen LogP contribution in [0.25, 0.3) is 0 Å². The van der Waals surface area contributed by atoms with Gasteiger partial charge in [-0.1, -0.05) is 48.7 Å². The summed E-state index contributed by atoms with van der Waals surface area (Å²) >= 11 is 5.94. The standard InChI is InChI=1S/C21H21ClFNO3/c1-14-8-9-15(22)12-18(14)24-19(25)13-27-20(26)21(10-4-5-11-21)16-6-2-3-7-17(16)23/h2-3,6-9,12H,4-5,10-11,13H2,1H3,(H,24,25). The lowest BCUT2D eigenvalue weighted by Gasteiger charge is -2.27. The maximum atomic E-state index is 14.3. The molecule has 0 unspecified atom stereocenters. The molecule has 6 heteroatoms. The Kier molecular flexibility index (Phi) is 5.80. The molecule has 1 saturated carbocycles. The molecular weight excluding hydrogens is 369 g/mol. The molecule has 0 saturated heterocycles. The van der Waals surface area contributed by atoms with Gasteiger partial charge in [-0.2, -0.15) is 0 Å². The minimum atomic E-state index is -1.02. The molecule has 0 spiro atoms. The van der Waals surface area contributed by atoms with E-state index < -0.39 is 29.7 Å². The molecule has 0 heterocycles. The van der Waals surface area contributed by atoms with Crippen LogP contribution in [0.15, 0.2) is 42.5 Å². The number of anilines is 1. The Labute approximate surface area is 162 Å². The minimum absolute atomic E-state index is 0.346. The summed E-state index contributed by atoms with van der Waals surface area (Å²) in [5.41, 5.74) is 0.738. The van der Waals surface area contributed by atoms with E-state index in [-0.39, 0.29) is 0 Å². The van der Waals surface area contributed by atoms with Gasteiger partial charge in [-0.3, -0.25) is 9.59 Å². The lowest BCUT2D eigenvalue weighted by atomic mass is 9.78. The van der Waals surface area contributed by atoms with Gasteiger partial charge < -0.3 is 10.1 Å². The van der Waals surface area contributed by atoms with E-state index in [1.165, 1.54) is 6.07 Å². The maximum Gasteiger partial charge on any atom is 0.317 e. The Hall–Kier alpha value is -2.40. The molecule has 4 nitrogen and oxygen atoms in total. The number of rotatable bonds is 5. The van der Waals surface area contributed by atoms with Crippen molar-refractivity contribution < 1.29 is 18.7 Å². The Morgan fingerprint density at radius 3 is 2.59 bits per heavy atom. The molecule has 142 valence electrons. The van der Waals surface area contributed by atoms with Gasteiger partial charge in [0.2, 0.25) is 0 Å². The lowest BCUT2D eigenvalue weighted by molar-refractivity contribution is -0.153. The van der Waals surface area contributed by atoms with E-state index in [1.807, 2.05) is 6.92 Å². The van der Waals surface area contributed by atoms with Crippen molar-refractivity contribution in [2.24, 2.45) is 0 Å². The highest BCUT2D eigenvalue weighted by molar-refractivity contribution is 6.31. The molecule has 0 bridgehead atoms. The van der Waals surface area contributed by atoms with Crippen LogP contribution in [0.1, 0.15) is 36.8 Å². The van der Waals surface area contributed by atoms with Crippen molar-refractivity contribution >= 4 is 29.2 Å². The molecule has 1 aliphatic rings. The Morgan fingerprint density at radius 1 is 1.19 bits per heavy atom. The van der Waals surface area contributed by atoms with Crippen LogP contribution < -0.4 is 5.32 Å². The minimum Gasteiger partial charge on any atom is -0.455 e. The quantitative estimate of drug-likeness (QED) is 0.748. The normalized spacial score (nSPS) is 15.4. The van der Waals surface area contributed by atoms with Crippen LogP contribution in [0, 0.1) is 12.7 Å². The largest absolute Gasteiger partial charge is 0.455 e. The summed E-state index contributed by atoms with van der Waals surface area (Å²) in [4.78, 5) is 25.0. The van der Waals surface area contributed by atoms with E-state index in [9.17, 15) is 14.0 Å². The van der Waals surface area contributed by atoms with E-state index in [1.54, 1.807) is 36.4 Å². The second-order valence-electron chi connectivity index (χ2n) is 6.85. The monoisotopic (exact) mass is 389 g/mol. The average molecular weight is 390 g/mol. The average Bonchev–Trinajstić information content (AvgIpc) is 3.14. The van der Waals surface area contributed by atoms with Gasteiger partial charge in [-0.25, -0.2) is 4.39 Å². The van der Waals surface area contributed by atoms with Crippen LogP contribution in [0.3, 0.4) is 0 Å². The van der Waals surface area contributed by atoms with Crippen molar-refractivity contribution in [2.75, 3.05) is 11.9 Å². The first-order valence-corrected chi connectivity index (χ1v) is 9.28. The summed E-state index contributed by atoms with van der Waals surface area (Å²) in [6.45, 7) is 1.41. The number of carbonyl (C=O) groups excluding carboxylic acids is 2. The predicted octanol–water partition coefficient (Wildman–Crippen LogP) is 4.78. The van der Waals surface area contributed by atoms with Gasteiger partial charge in [0.15, 0.2) is 6.61 Å². The van der Waals surface area contributed by atoms with E-state index in [2.05, 4.69) is 5.32 Å². The van der Waals surface area contributed by atoms with Crippen LogP contribution >= 0.6 is 11.6 Å². The number of hydrogen-bond acceptors (Lipinski definition) is 3. The number of ether oxygens (including phenoxy) is 1. The van der Waals surface area contributed by atoms with Crippen molar-refractivity contribution in [1.82, 2.24) is 0 Å². The number of aryl methyl sites for hydroxylation is 1. The topological polar surface area (TPSA) is 55.4 Å². The van der Waals surface area contributed by atoms with Crippen LogP contribution in [-0.2, 0) is 19.7 Å². The Bertz CT molecular complexity index is 862. The van der Waals surface area contributed by atoms with Crippen LogP contribution in [0.2, 0.25) is 5.02 Å². The van der Waals surface area contributed by atoms with Crippen LogP contribution in [0.4, 0.5) is 10.1 Å². The molecule has 0 atom stereocenters. The number of carbonyl (C=O) groups is 2. The summed E-state index contributed by atoms with van der Waals surface area (Å²) in [5.74, 6) is -1.44. The van der Waals surface area contributed by atoms with E-state index in [4.69, 9.17) is 16.3 Å². The first kappa shape index (κ1) is 19.4. The molecule has 2 aromatic carbocycles. The van der Waals surface area contributed by atoms with Gasteiger partial charge in [-0.15, -0.1) is 0 Å². The summed E-state index contributed by atoms with van der Waals surface area (Å²) in [6.07, 6.45) is 2.66. The predicted molar refractivity (Wildman–Crippen MR) is 102 cm³/mol. The highest BCUT2D eigenvalue weighted by Crippen LogP contribution is 2.43. The molecule has 1 N–H and O–H groups in total. The number of esters is 1. The molecule has 0 radical (unpaired) electrons. The zero-order chi connectivity index (χ0) is 19.4. The summed E-state index contributed by atoms with van der Waals surface area (Å²) in [6, 6.07) is 11.4. The fourth-order valence-corrected chi connectivity index (χ4v) is 3.77. The number of amides is 1. The summed E-state index contributed by atoms with van der Waals surface area (Å²) in [7, 11) is 0. The number of benzene rings is 2. The van der Waals surface area contributed by atoms with Crippen molar-refractivity contribution in [3.05, 3.63) is 64.4 Å². The van der Waals surface area contributed by atoms with Gasteiger partial charge in [0.25, 0.3) is 5.91 Å². The SMILES string of the molecule is Cc1ccc(Cl)cc1NC(=O)COC(=O)C1(c2ccccc2F)CCCC1. The molecule has 1 fully saturated rings. The zero-order valence-electron chi connectivity index (χ0n) is 15.1. The molecule has 0 aromatic heterocycles. The zero-order valence-corrected chi connectivity index (χ0v) is 15.8. The Morgan fingerprint density at radius 2 is 1.89 bits per heavy atom. The van der Waals surface area contributed by atoms with E-state index in [0.29, 0.717) is 29.1 Å². The third-order valence-electron chi connectivity index (χ3n) is 5.05. The van der Waals surface area contributed by atoms with Crippen molar-refractivity contribution in [3.63, 3.8) is 0 Å². The molecular formula is C21H21ClFNO3. The third-order valence-corrected chi connectivity index (χ3v) is 5.28. The number of nitrogens with one attached hydrogen (secondary N) is 1. The van der Waals surface area contributed by atoms with E-state index >= 15 is 0 Å².